The summed E-state index contributed by atoms with van der Waals surface area (Å²) in [5.74, 6) is 0.743. The maximum absolute atomic E-state index is 10.6. The molecule has 0 aliphatic carbocycles. The van der Waals surface area contributed by atoms with Crippen LogP contribution in [0.1, 0.15) is 19.8 Å². The number of hydrogen-bond donors (Lipinski definition) is 1. The molecule has 15 heavy (non-hydrogen) atoms. The molecule has 0 saturated carbocycles. The number of ether oxygens (including phenoxy) is 1. The van der Waals surface area contributed by atoms with Crippen LogP contribution in [0.2, 0.25) is 0 Å². The minimum atomic E-state index is -1.90. The second-order valence-electron chi connectivity index (χ2n) is 2.92. The molecule has 0 amide bonds. The van der Waals surface area contributed by atoms with Gasteiger partial charge in [0, 0.05) is 29.6 Å². The Balaban J connectivity index is 0.00000196. The van der Waals surface area contributed by atoms with Gasteiger partial charge in [0.1, 0.15) is 5.75 Å². The van der Waals surface area contributed by atoms with Crippen LogP contribution in [0.5, 0.6) is 5.75 Å². The largest absolute Gasteiger partial charge is 0.494 e. The molecule has 1 aromatic carbocycles. The van der Waals surface area contributed by atoms with Gasteiger partial charge in [0.15, 0.2) is 11.1 Å². The van der Waals surface area contributed by atoms with E-state index in [4.69, 9.17) is 9.29 Å². The van der Waals surface area contributed by atoms with Crippen molar-refractivity contribution < 1.29 is 13.5 Å². The molecule has 1 rings (SSSR count). The monoisotopic (exact) mass is 237 g/mol. The summed E-state index contributed by atoms with van der Waals surface area (Å²) in [7, 11) is 0. The van der Waals surface area contributed by atoms with Crippen molar-refractivity contribution in [2.75, 3.05) is 6.61 Å². The van der Waals surface area contributed by atoms with E-state index in [1.807, 2.05) is 0 Å². The summed E-state index contributed by atoms with van der Waals surface area (Å²) in [6.45, 7) is 2.79. The molecule has 79 valence electrons. The molecule has 0 fully saturated rings. The van der Waals surface area contributed by atoms with Gasteiger partial charge < -0.3 is 9.29 Å². The van der Waals surface area contributed by atoms with E-state index in [1.165, 1.54) is 0 Å². The van der Waals surface area contributed by atoms with Crippen molar-refractivity contribution in [1.82, 2.24) is 0 Å². The van der Waals surface area contributed by atoms with Crippen molar-refractivity contribution in [3.05, 3.63) is 24.3 Å². The van der Waals surface area contributed by atoms with Crippen molar-refractivity contribution >= 4 is 40.6 Å². The topological polar surface area (TPSA) is 46.5 Å². The zero-order valence-corrected chi connectivity index (χ0v) is 11.9. The standard InChI is InChI=1S/C10H14O3S.Na/c1-2-3-8-13-9-4-6-10(7-5-9)14(11)12;/h4-7H,2-3,8H2,1H3,(H,11,12);. The minimum absolute atomic E-state index is 0. The van der Waals surface area contributed by atoms with Crippen molar-refractivity contribution in [2.45, 2.75) is 24.7 Å². The molecule has 0 heterocycles. The van der Waals surface area contributed by atoms with E-state index >= 15 is 0 Å². The smallest absolute Gasteiger partial charge is 0.186 e. The molecule has 0 spiro atoms. The van der Waals surface area contributed by atoms with Crippen molar-refractivity contribution in [2.24, 2.45) is 0 Å². The Labute approximate surface area is 115 Å². The quantitative estimate of drug-likeness (QED) is 0.484. The van der Waals surface area contributed by atoms with Crippen LogP contribution in [0, 0.1) is 0 Å². The summed E-state index contributed by atoms with van der Waals surface area (Å²) in [6.07, 6.45) is 2.12. The summed E-state index contributed by atoms with van der Waals surface area (Å²) in [5.41, 5.74) is 0. The number of benzene rings is 1. The van der Waals surface area contributed by atoms with Crippen LogP contribution >= 0.6 is 0 Å². The molecular weight excluding hydrogens is 223 g/mol. The molecule has 0 bridgehead atoms. The van der Waals surface area contributed by atoms with Gasteiger partial charge in [0.2, 0.25) is 0 Å². The Kier molecular flexibility index (Phi) is 8.37. The van der Waals surface area contributed by atoms with Gasteiger partial charge >= 0.3 is 0 Å². The van der Waals surface area contributed by atoms with Gasteiger partial charge in [-0.05, 0) is 30.7 Å². The van der Waals surface area contributed by atoms with E-state index in [0.717, 1.165) is 18.6 Å². The average molecular weight is 237 g/mol. The fourth-order valence-electron chi connectivity index (χ4n) is 0.987. The first-order chi connectivity index (χ1) is 6.74. The van der Waals surface area contributed by atoms with Gasteiger partial charge in [-0.25, -0.2) is 4.21 Å². The Morgan fingerprint density at radius 2 is 1.93 bits per heavy atom. The molecule has 3 nitrogen and oxygen atoms in total. The molecule has 0 aliphatic rings. The molecule has 0 aliphatic heterocycles. The third-order valence-corrected chi connectivity index (χ3v) is 2.47. The van der Waals surface area contributed by atoms with Crippen LogP contribution in [0.15, 0.2) is 29.2 Å². The summed E-state index contributed by atoms with van der Waals surface area (Å²) in [6, 6.07) is 6.60. The van der Waals surface area contributed by atoms with Crippen LogP contribution in [0.3, 0.4) is 0 Å². The summed E-state index contributed by atoms with van der Waals surface area (Å²) in [4.78, 5) is 0.396. The third kappa shape index (κ3) is 5.68. The Bertz CT molecular complexity index is 300. The summed E-state index contributed by atoms with van der Waals surface area (Å²) in [5, 5.41) is 0. The first-order valence-electron chi connectivity index (χ1n) is 4.57. The van der Waals surface area contributed by atoms with Crippen LogP contribution < -0.4 is 4.74 Å². The molecule has 0 saturated heterocycles. The average Bonchev–Trinajstić information content (AvgIpc) is 2.19. The maximum Gasteiger partial charge on any atom is 0.186 e. The van der Waals surface area contributed by atoms with Crippen LogP contribution in [-0.4, -0.2) is 44.9 Å². The first kappa shape index (κ1) is 15.1. The first-order valence-corrected chi connectivity index (χ1v) is 5.68. The Morgan fingerprint density at radius 1 is 1.33 bits per heavy atom. The number of unbranched alkanes of at least 4 members (excludes halogenated alkanes) is 1. The van der Waals surface area contributed by atoms with E-state index in [1.54, 1.807) is 24.3 Å². The third-order valence-electron chi connectivity index (χ3n) is 1.79. The number of hydrogen-bond acceptors (Lipinski definition) is 2. The van der Waals surface area contributed by atoms with E-state index in [0.29, 0.717) is 11.5 Å². The van der Waals surface area contributed by atoms with E-state index in [2.05, 4.69) is 6.92 Å². The molecule has 0 aromatic heterocycles. The minimum Gasteiger partial charge on any atom is -0.494 e. The van der Waals surface area contributed by atoms with Crippen LogP contribution in [0.25, 0.3) is 0 Å². The van der Waals surface area contributed by atoms with Gasteiger partial charge in [0.05, 0.1) is 11.5 Å². The summed E-state index contributed by atoms with van der Waals surface area (Å²) < 4.78 is 24.8. The molecule has 1 atom stereocenters. The van der Waals surface area contributed by atoms with E-state index < -0.39 is 11.1 Å². The van der Waals surface area contributed by atoms with Gasteiger partial charge in [-0.3, -0.25) is 0 Å². The predicted molar refractivity (Wildman–Crippen MR) is 61.6 cm³/mol. The van der Waals surface area contributed by atoms with Gasteiger partial charge in [-0.1, -0.05) is 13.3 Å². The Morgan fingerprint density at radius 3 is 2.40 bits per heavy atom. The molecule has 1 aromatic rings. The van der Waals surface area contributed by atoms with Crippen molar-refractivity contribution in [3.8, 4) is 5.75 Å². The van der Waals surface area contributed by atoms with Crippen molar-refractivity contribution in [3.63, 3.8) is 0 Å². The van der Waals surface area contributed by atoms with Crippen LogP contribution in [0.4, 0.5) is 0 Å². The van der Waals surface area contributed by atoms with E-state index in [-0.39, 0.29) is 29.6 Å². The molecule has 1 N–H and O–H groups in total. The molecule has 5 heteroatoms. The summed E-state index contributed by atoms with van der Waals surface area (Å²) >= 11 is -1.90. The second kappa shape index (κ2) is 8.30. The second-order valence-corrected chi connectivity index (χ2v) is 3.89. The SMILES string of the molecule is CCCCOc1ccc(S(=O)O)cc1.[Na]. The van der Waals surface area contributed by atoms with Gasteiger partial charge in [-0.2, -0.15) is 0 Å². The fraction of sp³-hybridized carbons (Fsp3) is 0.400. The molecule has 1 unspecified atom stereocenters. The van der Waals surface area contributed by atoms with Gasteiger partial charge in [0.25, 0.3) is 0 Å². The normalized spacial score (nSPS) is 11.6. The fourth-order valence-corrected chi connectivity index (χ4v) is 1.36. The van der Waals surface area contributed by atoms with Crippen molar-refractivity contribution in [1.29, 1.82) is 0 Å². The zero-order valence-electron chi connectivity index (χ0n) is 9.10. The van der Waals surface area contributed by atoms with E-state index in [9.17, 15) is 4.21 Å². The predicted octanol–water partition coefficient (Wildman–Crippen LogP) is 2.07. The molecule has 1 radical (unpaired) electrons. The van der Waals surface area contributed by atoms with Crippen LogP contribution in [-0.2, 0) is 11.1 Å². The maximum atomic E-state index is 10.6. The zero-order chi connectivity index (χ0) is 10.4. The Hall–Kier alpha value is 0.130. The van der Waals surface area contributed by atoms with Gasteiger partial charge in [-0.15, -0.1) is 0 Å². The number of rotatable bonds is 5. The molecular formula is C10H14NaO3S.